The fourth-order valence-electron chi connectivity index (χ4n) is 2.39. The summed E-state index contributed by atoms with van der Waals surface area (Å²) in [6, 6.07) is 4.78. The summed E-state index contributed by atoms with van der Waals surface area (Å²) in [7, 11) is 0. The fraction of sp³-hybridized carbons (Fsp3) is 0.529. The molecule has 0 saturated heterocycles. The van der Waals surface area contributed by atoms with Gasteiger partial charge in [-0.05, 0) is 37.0 Å². The Morgan fingerprint density at radius 2 is 2.09 bits per heavy atom. The number of fused-ring (bicyclic) bond motifs is 1. The smallest absolute Gasteiger partial charge is 0.265 e. The summed E-state index contributed by atoms with van der Waals surface area (Å²) in [6.45, 7) is 7.62. The summed E-state index contributed by atoms with van der Waals surface area (Å²) in [5.41, 5.74) is 7.42. The Labute approximate surface area is 136 Å². The Bertz CT molecular complexity index is 601. The van der Waals surface area contributed by atoms with E-state index >= 15 is 0 Å². The number of rotatable bonds is 5. The highest BCUT2D eigenvalue weighted by Crippen LogP contribution is 2.33. The van der Waals surface area contributed by atoms with Crippen molar-refractivity contribution in [2.45, 2.75) is 52.3 Å². The highest BCUT2D eigenvalue weighted by molar-refractivity contribution is 5.97. The van der Waals surface area contributed by atoms with Gasteiger partial charge in [0.1, 0.15) is 5.75 Å². The molecule has 0 fully saturated rings. The van der Waals surface area contributed by atoms with Gasteiger partial charge in [-0.25, -0.2) is 0 Å². The molecule has 126 valence electrons. The van der Waals surface area contributed by atoms with Crippen LogP contribution >= 0.6 is 0 Å². The van der Waals surface area contributed by atoms with Gasteiger partial charge in [0, 0.05) is 0 Å². The van der Waals surface area contributed by atoms with Gasteiger partial charge < -0.3 is 21.1 Å². The number of nitrogens with one attached hydrogen (secondary N) is 2. The molecule has 6 nitrogen and oxygen atoms in total. The summed E-state index contributed by atoms with van der Waals surface area (Å²) in [5.74, 6) is 0.403. The number of benzene rings is 1. The molecule has 2 rings (SSSR count). The van der Waals surface area contributed by atoms with Gasteiger partial charge in [-0.1, -0.05) is 26.8 Å². The lowest BCUT2D eigenvalue weighted by molar-refractivity contribution is -0.124. The van der Waals surface area contributed by atoms with Gasteiger partial charge >= 0.3 is 0 Å². The zero-order valence-electron chi connectivity index (χ0n) is 14.1. The molecule has 1 aromatic carbocycles. The maximum atomic E-state index is 12.1. The second-order valence-corrected chi connectivity index (χ2v) is 6.26. The minimum Gasteiger partial charge on any atom is -0.478 e. The second-order valence-electron chi connectivity index (χ2n) is 6.26. The molecule has 6 heteroatoms. The van der Waals surface area contributed by atoms with E-state index in [2.05, 4.69) is 10.6 Å². The third-order valence-electron chi connectivity index (χ3n) is 4.08. The molecule has 0 spiro atoms. The van der Waals surface area contributed by atoms with Gasteiger partial charge in [-0.2, -0.15) is 0 Å². The zero-order chi connectivity index (χ0) is 17.1. The van der Waals surface area contributed by atoms with Crippen LogP contribution in [0.3, 0.4) is 0 Å². The molecule has 0 aromatic heterocycles. The van der Waals surface area contributed by atoms with Gasteiger partial charge in [-0.15, -0.1) is 0 Å². The molecule has 1 heterocycles. The van der Waals surface area contributed by atoms with E-state index in [9.17, 15) is 9.59 Å². The van der Waals surface area contributed by atoms with Crippen LogP contribution in [-0.4, -0.2) is 24.0 Å². The second kappa shape index (κ2) is 7.00. The molecule has 3 atom stereocenters. The maximum absolute atomic E-state index is 12.1. The van der Waals surface area contributed by atoms with E-state index in [0.29, 0.717) is 17.9 Å². The molecule has 1 aromatic rings. The summed E-state index contributed by atoms with van der Waals surface area (Å²) in [5, 5.41) is 5.74. The molecular formula is C17H25N3O3. The molecule has 0 saturated carbocycles. The molecule has 0 aliphatic carbocycles. The molecule has 23 heavy (non-hydrogen) atoms. The Hall–Kier alpha value is -2.08. The highest BCUT2D eigenvalue weighted by atomic mass is 16.5. The van der Waals surface area contributed by atoms with Crippen molar-refractivity contribution in [1.29, 1.82) is 0 Å². The fourth-order valence-corrected chi connectivity index (χ4v) is 2.39. The Morgan fingerprint density at radius 1 is 1.39 bits per heavy atom. The quantitative estimate of drug-likeness (QED) is 0.773. The normalized spacial score (nSPS) is 19.4. The lowest BCUT2D eigenvalue weighted by atomic mass is 10.0. The number of anilines is 1. The summed E-state index contributed by atoms with van der Waals surface area (Å²) in [6.07, 6.45) is 0.127. The van der Waals surface area contributed by atoms with Crippen molar-refractivity contribution in [3.8, 4) is 5.75 Å². The average molecular weight is 319 g/mol. The topological polar surface area (TPSA) is 93.4 Å². The molecule has 1 aliphatic heterocycles. The van der Waals surface area contributed by atoms with E-state index in [1.165, 1.54) is 0 Å². The van der Waals surface area contributed by atoms with Crippen LogP contribution in [0.25, 0.3) is 0 Å². The molecule has 4 N–H and O–H groups in total. The third-order valence-corrected chi connectivity index (χ3v) is 4.08. The first-order chi connectivity index (χ1) is 10.8. The van der Waals surface area contributed by atoms with Crippen LogP contribution in [0.5, 0.6) is 5.75 Å². The van der Waals surface area contributed by atoms with E-state index < -0.39 is 12.1 Å². The summed E-state index contributed by atoms with van der Waals surface area (Å²) >= 11 is 0. The maximum Gasteiger partial charge on any atom is 0.265 e. The minimum atomic E-state index is -0.532. The van der Waals surface area contributed by atoms with Crippen LogP contribution in [0.4, 0.5) is 5.69 Å². The molecule has 0 radical (unpaired) electrons. The first-order valence-corrected chi connectivity index (χ1v) is 8.00. The zero-order valence-corrected chi connectivity index (χ0v) is 14.1. The van der Waals surface area contributed by atoms with Crippen molar-refractivity contribution in [3.63, 3.8) is 0 Å². The SMILES string of the molecule is CCC1Oc2cc(C(C)NC(=O)[C@@H](N)C(C)C)ccc2NC1=O. The van der Waals surface area contributed by atoms with Gasteiger partial charge in [0.05, 0.1) is 17.8 Å². The van der Waals surface area contributed by atoms with Crippen molar-refractivity contribution in [2.24, 2.45) is 11.7 Å². The largest absolute Gasteiger partial charge is 0.478 e. The molecule has 2 amide bonds. The number of carbonyl (C=O) groups excluding carboxylic acids is 2. The molecule has 2 unspecified atom stereocenters. The number of nitrogens with two attached hydrogens (primary N) is 1. The minimum absolute atomic E-state index is 0.0783. The standard InChI is InChI=1S/C17H25N3O3/c1-5-13-16(21)20-12-7-6-11(8-14(12)23-13)10(4)19-17(22)15(18)9(2)3/h6-10,13,15H,5,18H2,1-4H3,(H,19,22)(H,20,21)/t10?,13?,15-/m0/s1. The predicted molar refractivity (Wildman–Crippen MR) is 89.1 cm³/mol. The van der Waals surface area contributed by atoms with E-state index in [4.69, 9.17) is 10.5 Å². The molecule has 0 bridgehead atoms. The number of hydrogen-bond donors (Lipinski definition) is 3. The van der Waals surface area contributed by atoms with Crippen LogP contribution in [0.15, 0.2) is 18.2 Å². The van der Waals surface area contributed by atoms with Crippen LogP contribution in [-0.2, 0) is 9.59 Å². The van der Waals surface area contributed by atoms with Gasteiger partial charge in [0.2, 0.25) is 5.91 Å². The lowest BCUT2D eigenvalue weighted by Crippen LogP contribution is -2.44. The van der Waals surface area contributed by atoms with Crippen LogP contribution in [0.2, 0.25) is 0 Å². The van der Waals surface area contributed by atoms with Crippen LogP contribution in [0, 0.1) is 5.92 Å². The van der Waals surface area contributed by atoms with Crippen molar-refractivity contribution < 1.29 is 14.3 Å². The number of ether oxygens (including phenoxy) is 1. The van der Waals surface area contributed by atoms with Crippen molar-refractivity contribution in [2.75, 3.05) is 5.32 Å². The monoisotopic (exact) mass is 319 g/mol. The molecule has 1 aliphatic rings. The van der Waals surface area contributed by atoms with Gasteiger partial charge in [0.15, 0.2) is 6.10 Å². The Kier molecular flexibility index (Phi) is 5.26. The van der Waals surface area contributed by atoms with E-state index in [1.54, 1.807) is 6.07 Å². The Morgan fingerprint density at radius 3 is 2.70 bits per heavy atom. The van der Waals surface area contributed by atoms with Crippen molar-refractivity contribution in [3.05, 3.63) is 23.8 Å². The van der Waals surface area contributed by atoms with Crippen molar-refractivity contribution in [1.82, 2.24) is 5.32 Å². The van der Waals surface area contributed by atoms with E-state index in [-0.39, 0.29) is 23.8 Å². The lowest BCUT2D eigenvalue weighted by Gasteiger charge is -2.26. The van der Waals surface area contributed by atoms with Gasteiger partial charge in [-0.3, -0.25) is 9.59 Å². The van der Waals surface area contributed by atoms with E-state index in [1.807, 2.05) is 39.8 Å². The summed E-state index contributed by atoms with van der Waals surface area (Å²) in [4.78, 5) is 23.9. The number of carbonyl (C=O) groups is 2. The number of amides is 2. The van der Waals surface area contributed by atoms with Gasteiger partial charge in [0.25, 0.3) is 5.91 Å². The average Bonchev–Trinajstić information content (AvgIpc) is 2.52. The first kappa shape index (κ1) is 17.3. The first-order valence-electron chi connectivity index (χ1n) is 8.00. The van der Waals surface area contributed by atoms with E-state index in [0.717, 1.165) is 5.56 Å². The Balaban J connectivity index is 2.12. The van der Waals surface area contributed by atoms with Crippen molar-refractivity contribution >= 4 is 17.5 Å². The predicted octanol–water partition coefficient (Wildman–Crippen LogP) is 1.96. The van der Waals surface area contributed by atoms with Crippen LogP contribution < -0.4 is 21.1 Å². The highest BCUT2D eigenvalue weighted by Gasteiger charge is 2.27. The third kappa shape index (κ3) is 3.82. The number of hydrogen-bond acceptors (Lipinski definition) is 4. The van der Waals surface area contributed by atoms with Crippen LogP contribution in [0.1, 0.15) is 45.7 Å². The molecular weight excluding hydrogens is 294 g/mol. The summed E-state index contributed by atoms with van der Waals surface area (Å²) < 4.78 is 5.73.